The number of benzene rings is 1. The Kier molecular flexibility index (Phi) is 1.75. The molecule has 12 heavy (non-hydrogen) atoms. The number of rotatable bonds is 0. The Balaban J connectivity index is 2.47. The first-order valence-electron chi connectivity index (χ1n) is 3.92. The smallest absolute Gasteiger partial charge is 0.226 e. The highest BCUT2D eigenvalue weighted by molar-refractivity contribution is 6.24. The van der Waals surface area contributed by atoms with Gasteiger partial charge in [0.25, 0.3) is 0 Å². The Bertz CT molecular complexity index is 261. The molecule has 0 fully saturated rings. The Labute approximate surface area is 75.0 Å². The van der Waals surface area contributed by atoms with Crippen LogP contribution < -0.4 is 9.62 Å². The minimum Gasteiger partial charge on any atom is -0.422 e. The molecule has 0 bridgehead atoms. The predicted molar refractivity (Wildman–Crippen MR) is 52.6 cm³/mol. The molecule has 0 saturated heterocycles. The molecule has 1 aliphatic heterocycles. The monoisotopic (exact) mass is 154 g/mol. The molecule has 4 heteroatoms. The lowest BCUT2D eigenvalue weighted by molar-refractivity contribution is 0.918. The van der Waals surface area contributed by atoms with Crippen molar-refractivity contribution in [2.24, 2.45) is 0 Å². The Morgan fingerprint density at radius 1 is 0.917 bits per heavy atom. The van der Waals surface area contributed by atoms with Crippen LogP contribution in [-0.4, -0.2) is 29.1 Å². The zero-order valence-electron chi connectivity index (χ0n) is 6.77. The lowest BCUT2D eigenvalue weighted by Crippen LogP contribution is -2.38. The molecule has 0 aliphatic carbocycles. The summed E-state index contributed by atoms with van der Waals surface area (Å²) in [7, 11) is 11.5. The summed E-state index contributed by atoms with van der Waals surface area (Å²) in [6.07, 6.45) is 0. The van der Waals surface area contributed by atoms with E-state index in [1.54, 1.807) is 9.62 Å². The van der Waals surface area contributed by atoms with Gasteiger partial charge in [0.05, 0.1) is 0 Å². The van der Waals surface area contributed by atoms with Crippen molar-refractivity contribution in [2.45, 2.75) is 0 Å². The third kappa shape index (κ3) is 1.07. The van der Waals surface area contributed by atoms with Gasteiger partial charge in [-0.25, -0.2) is 0 Å². The molecule has 0 atom stereocenters. The summed E-state index contributed by atoms with van der Waals surface area (Å²) in [4.78, 5) is 3.44. The molecule has 4 radical (unpaired) electrons. The molecule has 1 aromatic carbocycles. The van der Waals surface area contributed by atoms with E-state index in [-0.39, 0.29) is 0 Å². The maximum absolute atomic E-state index is 5.76. The van der Waals surface area contributed by atoms with Gasteiger partial charge in [0.2, 0.25) is 16.0 Å². The Morgan fingerprint density at radius 3 is 1.75 bits per heavy atom. The summed E-state index contributed by atoms with van der Waals surface area (Å²) in [5.74, 6) is 0. The van der Waals surface area contributed by atoms with Crippen LogP contribution in [0.4, 0.5) is 11.4 Å². The molecule has 2 nitrogen and oxygen atoms in total. The summed E-state index contributed by atoms with van der Waals surface area (Å²) in [5, 5.41) is 0. The fourth-order valence-electron chi connectivity index (χ4n) is 1.41. The second kappa shape index (κ2) is 2.77. The van der Waals surface area contributed by atoms with Gasteiger partial charge in [0.1, 0.15) is 0 Å². The molecule has 0 saturated carbocycles. The number of para-hydroxylation sites is 2. The summed E-state index contributed by atoms with van der Waals surface area (Å²) in [6, 6.07) is 7.85. The van der Waals surface area contributed by atoms with E-state index in [1.807, 2.05) is 24.3 Å². The van der Waals surface area contributed by atoms with Crippen molar-refractivity contribution >= 4 is 27.3 Å². The van der Waals surface area contributed by atoms with Crippen LogP contribution in [0.2, 0.25) is 0 Å². The number of hydrogen-bond acceptors (Lipinski definition) is 2. The molecule has 2 rings (SSSR count). The molecule has 0 amide bonds. The van der Waals surface area contributed by atoms with E-state index in [4.69, 9.17) is 16.0 Å². The lowest BCUT2D eigenvalue weighted by atomic mass is 10.1. The predicted octanol–water partition coefficient (Wildman–Crippen LogP) is 0.480. The zero-order chi connectivity index (χ0) is 8.55. The van der Waals surface area contributed by atoms with E-state index in [2.05, 4.69) is 0 Å². The maximum Gasteiger partial charge on any atom is 0.226 e. The van der Waals surface area contributed by atoms with Crippen LogP contribution in [-0.2, 0) is 0 Å². The van der Waals surface area contributed by atoms with Crippen molar-refractivity contribution in [2.75, 3.05) is 22.7 Å². The summed E-state index contributed by atoms with van der Waals surface area (Å²) >= 11 is 0. The highest BCUT2D eigenvalue weighted by Gasteiger charge is 2.14. The van der Waals surface area contributed by atoms with E-state index < -0.39 is 0 Å². The first-order valence-corrected chi connectivity index (χ1v) is 3.92. The van der Waals surface area contributed by atoms with Crippen LogP contribution in [0.5, 0.6) is 0 Å². The molecule has 0 spiro atoms. The van der Waals surface area contributed by atoms with Crippen LogP contribution in [0.1, 0.15) is 0 Å². The Morgan fingerprint density at radius 2 is 1.33 bits per heavy atom. The van der Waals surface area contributed by atoms with Gasteiger partial charge >= 0.3 is 0 Å². The van der Waals surface area contributed by atoms with Crippen molar-refractivity contribution in [1.82, 2.24) is 0 Å². The quantitative estimate of drug-likeness (QED) is 0.501. The molecule has 1 aliphatic rings. The van der Waals surface area contributed by atoms with E-state index in [0.717, 1.165) is 24.5 Å². The van der Waals surface area contributed by atoms with E-state index in [0.29, 0.717) is 0 Å². The van der Waals surface area contributed by atoms with Crippen molar-refractivity contribution in [3.8, 4) is 0 Å². The first kappa shape index (κ1) is 7.59. The van der Waals surface area contributed by atoms with Gasteiger partial charge in [-0.15, -0.1) is 0 Å². The summed E-state index contributed by atoms with van der Waals surface area (Å²) < 4.78 is 0. The van der Waals surface area contributed by atoms with Gasteiger partial charge < -0.3 is 9.62 Å². The molecule has 1 aromatic rings. The van der Waals surface area contributed by atoms with Crippen LogP contribution in [0.25, 0.3) is 0 Å². The molecule has 1 heterocycles. The van der Waals surface area contributed by atoms with Crippen molar-refractivity contribution in [3.05, 3.63) is 24.3 Å². The van der Waals surface area contributed by atoms with Gasteiger partial charge in [-0.1, -0.05) is 12.1 Å². The van der Waals surface area contributed by atoms with Crippen LogP contribution >= 0.6 is 0 Å². The molecule has 0 N–H and O–H groups in total. The van der Waals surface area contributed by atoms with Crippen LogP contribution in [0, 0.1) is 0 Å². The molecule has 0 unspecified atom stereocenters. The highest BCUT2D eigenvalue weighted by atomic mass is 15.2. The minimum absolute atomic E-state index is 0.771. The van der Waals surface area contributed by atoms with Crippen molar-refractivity contribution < 1.29 is 0 Å². The van der Waals surface area contributed by atoms with Gasteiger partial charge in [0.15, 0.2) is 0 Å². The van der Waals surface area contributed by atoms with Crippen molar-refractivity contribution in [3.63, 3.8) is 0 Å². The maximum atomic E-state index is 5.76. The van der Waals surface area contributed by atoms with Gasteiger partial charge in [-0.2, -0.15) is 0 Å². The Hall–Kier alpha value is -1.05. The zero-order valence-corrected chi connectivity index (χ0v) is 6.77. The highest BCUT2D eigenvalue weighted by Crippen LogP contribution is 2.29. The van der Waals surface area contributed by atoms with Crippen LogP contribution in [0.3, 0.4) is 0 Å². The largest absolute Gasteiger partial charge is 0.422 e. The minimum atomic E-state index is 0.771. The molecular weight excluding hydrogens is 146 g/mol. The molecular formula is C8H8B2N2. The summed E-state index contributed by atoms with van der Waals surface area (Å²) in [5.41, 5.74) is 1.98. The fourth-order valence-corrected chi connectivity index (χ4v) is 1.41. The van der Waals surface area contributed by atoms with Crippen molar-refractivity contribution in [1.29, 1.82) is 0 Å². The molecule has 0 aromatic heterocycles. The molecule has 56 valence electrons. The van der Waals surface area contributed by atoms with Gasteiger partial charge in [0, 0.05) is 24.5 Å². The number of fused-ring (bicyclic) bond motifs is 1. The average Bonchev–Trinajstić information content (AvgIpc) is 2.12. The number of anilines is 2. The second-order valence-corrected chi connectivity index (χ2v) is 2.88. The third-order valence-corrected chi connectivity index (χ3v) is 2.08. The standard InChI is InChI=1S/C8H8B2N2/c9-11-5-6-12(10)8-4-2-1-3-7(8)11/h1-4H,5-6H2. The average molecular weight is 154 g/mol. The van der Waals surface area contributed by atoms with Gasteiger partial charge in [-0.3, -0.25) is 0 Å². The SMILES string of the molecule is [B]N1CCN([B])c2ccccc21. The number of hydrogen-bond donors (Lipinski definition) is 0. The summed E-state index contributed by atoms with van der Waals surface area (Å²) in [6.45, 7) is 1.54. The van der Waals surface area contributed by atoms with Gasteiger partial charge in [-0.05, 0) is 12.1 Å². The van der Waals surface area contributed by atoms with E-state index in [1.165, 1.54) is 0 Å². The van der Waals surface area contributed by atoms with E-state index in [9.17, 15) is 0 Å². The normalized spacial score (nSPS) is 16.0. The first-order chi connectivity index (χ1) is 5.79. The van der Waals surface area contributed by atoms with Crippen LogP contribution in [0.15, 0.2) is 24.3 Å². The fraction of sp³-hybridized carbons (Fsp3) is 0.250. The second-order valence-electron chi connectivity index (χ2n) is 2.88. The lowest BCUT2D eigenvalue weighted by Gasteiger charge is -2.35. The number of nitrogens with zero attached hydrogens (tertiary/aromatic N) is 2. The van der Waals surface area contributed by atoms with E-state index >= 15 is 0 Å². The third-order valence-electron chi connectivity index (χ3n) is 2.08. The topological polar surface area (TPSA) is 6.48 Å².